The van der Waals surface area contributed by atoms with Gasteiger partial charge in [0.1, 0.15) is 0 Å². The second kappa shape index (κ2) is 7.52. The number of hydrogen-bond acceptors (Lipinski definition) is 4. The fourth-order valence-electron chi connectivity index (χ4n) is 0.945. The standard InChI is InChI=1S/C5H6N2.C4H10N2/c1-2-4-6-7-5-3-1;1-2-6-4-3-5-1/h1-6H;5-6H,1-4H2. The van der Waals surface area contributed by atoms with Crippen LogP contribution in [0.15, 0.2) is 29.5 Å². The summed E-state index contributed by atoms with van der Waals surface area (Å²) in [5.41, 5.74) is 2.67. The first kappa shape index (κ1) is 9.95. The van der Waals surface area contributed by atoms with Gasteiger partial charge in [0, 0.05) is 38.6 Å². The molecule has 0 unspecified atom stereocenters. The summed E-state index contributed by atoms with van der Waals surface area (Å²) in [6.07, 6.45) is 9.10. The smallest absolute Gasteiger partial charge is 0.0472 e. The molecule has 3 N–H and O–H groups in total. The Hall–Kier alpha value is -1.13. The van der Waals surface area contributed by atoms with Gasteiger partial charge >= 0.3 is 0 Å². The van der Waals surface area contributed by atoms with Gasteiger partial charge in [0.15, 0.2) is 0 Å². The van der Waals surface area contributed by atoms with E-state index >= 15 is 0 Å². The molecule has 2 aliphatic rings. The van der Waals surface area contributed by atoms with Gasteiger partial charge < -0.3 is 10.6 Å². The van der Waals surface area contributed by atoms with Crippen LogP contribution >= 0.6 is 0 Å². The van der Waals surface area contributed by atoms with E-state index in [1.165, 1.54) is 0 Å². The Balaban J connectivity index is 0.000000132. The molecule has 0 amide bonds. The number of nitrogens with one attached hydrogen (secondary N) is 3. The zero-order valence-corrected chi connectivity index (χ0v) is 7.66. The highest BCUT2D eigenvalue weighted by molar-refractivity contribution is 5.71. The normalized spacial score (nSPS) is 19.7. The summed E-state index contributed by atoms with van der Waals surface area (Å²) in [5.74, 6) is 0. The van der Waals surface area contributed by atoms with E-state index in [0.29, 0.717) is 0 Å². The summed E-state index contributed by atoms with van der Waals surface area (Å²) in [5, 5.41) is 10.2. The lowest BCUT2D eigenvalue weighted by molar-refractivity contribution is 0.534. The van der Waals surface area contributed by atoms with Gasteiger partial charge in [-0.05, 0) is 12.2 Å². The second-order valence-corrected chi connectivity index (χ2v) is 2.65. The number of rotatable bonds is 0. The number of piperazine rings is 1. The van der Waals surface area contributed by atoms with Crippen LogP contribution in [-0.4, -0.2) is 32.4 Å². The molecule has 1 fully saturated rings. The van der Waals surface area contributed by atoms with Crippen LogP contribution in [0.5, 0.6) is 0 Å². The summed E-state index contributed by atoms with van der Waals surface area (Å²) in [4.78, 5) is 0. The maximum absolute atomic E-state index is 3.72. The summed E-state index contributed by atoms with van der Waals surface area (Å²) in [6, 6.07) is 0. The predicted octanol–water partition coefficient (Wildman–Crippen LogP) is -0.175. The SMILES string of the molecule is C1=CC=NNC=C1.C1CNCCN1. The van der Waals surface area contributed by atoms with Gasteiger partial charge in [0.2, 0.25) is 0 Å². The molecule has 0 radical (unpaired) electrons. The molecule has 4 nitrogen and oxygen atoms in total. The molecule has 0 aliphatic carbocycles. The molecule has 0 atom stereocenters. The molecule has 0 aromatic rings. The molecule has 13 heavy (non-hydrogen) atoms. The van der Waals surface area contributed by atoms with Gasteiger partial charge in [-0.3, -0.25) is 5.43 Å². The molecule has 72 valence electrons. The van der Waals surface area contributed by atoms with Gasteiger partial charge in [0.05, 0.1) is 0 Å². The van der Waals surface area contributed by atoms with Crippen LogP contribution < -0.4 is 16.1 Å². The van der Waals surface area contributed by atoms with Crippen molar-refractivity contribution >= 4 is 6.21 Å². The zero-order chi connectivity index (χ0) is 9.19. The van der Waals surface area contributed by atoms with E-state index in [9.17, 15) is 0 Å². The zero-order valence-electron chi connectivity index (χ0n) is 7.66. The maximum atomic E-state index is 3.72. The molecule has 0 spiro atoms. The van der Waals surface area contributed by atoms with Gasteiger partial charge in [-0.15, -0.1) is 0 Å². The molecule has 0 bridgehead atoms. The predicted molar refractivity (Wildman–Crippen MR) is 55.6 cm³/mol. The Morgan fingerprint density at radius 1 is 0.846 bits per heavy atom. The lowest BCUT2D eigenvalue weighted by Gasteiger charge is -2.11. The van der Waals surface area contributed by atoms with E-state index in [1.807, 2.05) is 18.2 Å². The summed E-state index contributed by atoms with van der Waals surface area (Å²) >= 11 is 0. The van der Waals surface area contributed by atoms with Crippen molar-refractivity contribution in [2.75, 3.05) is 26.2 Å². The van der Waals surface area contributed by atoms with Crippen LogP contribution in [0.3, 0.4) is 0 Å². The second-order valence-electron chi connectivity index (χ2n) is 2.65. The first-order valence-electron chi connectivity index (χ1n) is 4.52. The Labute approximate surface area is 78.8 Å². The number of allylic oxidation sites excluding steroid dienone is 3. The van der Waals surface area contributed by atoms with E-state index in [4.69, 9.17) is 0 Å². The fourth-order valence-corrected chi connectivity index (χ4v) is 0.945. The van der Waals surface area contributed by atoms with Crippen molar-refractivity contribution in [2.24, 2.45) is 5.10 Å². The van der Waals surface area contributed by atoms with Crippen molar-refractivity contribution in [1.82, 2.24) is 16.1 Å². The fraction of sp³-hybridized carbons (Fsp3) is 0.444. The molecule has 2 heterocycles. The Kier molecular flexibility index (Phi) is 5.75. The topological polar surface area (TPSA) is 48.5 Å². The minimum absolute atomic E-state index is 1.14. The van der Waals surface area contributed by atoms with Crippen LogP contribution in [0.1, 0.15) is 0 Å². The third-order valence-electron chi connectivity index (χ3n) is 1.59. The summed E-state index contributed by atoms with van der Waals surface area (Å²) in [7, 11) is 0. The summed E-state index contributed by atoms with van der Waals surface area (Å²) in [6.45, 7) is 4.56. The average molecular weight is 180 g/mol. The van der Waals surface area contributed by atoms with Gasteiger partial charge in [0.25, 0.3) is 0 Å². The van der Waals surface area contributed by atoms with Crippen molar-refractivity contribution in [3.63, 3.8) is 0 Å². The van der Waals surface area contributed by atoms with Gasteiger partial charge in [-0.25, -0.2) is 0 Å². The molecule has 0 aromatic heterocycles. The number of hydrazone groups is 1. The molecule has 1 saturated heterocycles. The van der Waals surface area contributed by atoms with Crippen molar-refractivity contribution in [3.8, 4) is 0 Å². The third-order valence-corrected chi connectivity index (χ3v) is 1.59. The molecular weight excluding hydrogens is 164 g/mol. The minimum Gasteiger partial charge on any atom is -0.314 e. The van der Waals surface area contributed by atoms with Crippen molar-refractivity contribution in [3.05, 3.63) is 24.4 Å². The van der Waals surface area contributed by atoms with E-state index < -0.39 is 0 Å². The molecule has 0 aromatic carbocycles. The lowest BCUT2D eigenvalue weighted by atomic mass is 10.4. The van der Waals surface area contributed by atoms with Crippen LogP contribution in [0.2, 0.25) is 0 Å². The monoisotopic (exact) mass is 180 g/mol. The first-order valence-corrected chi connectivity index (χ1v) is 4.52. The number of nitrogens with zero attached hydrogens (tertiary/aromatic N) is 1. The van der Waals surface area contributed by atoms with Crippen molar-refractivity contribution in [1.29, 1.82) is 0 Å². The highest BCUT2D eigenvalue weighted by Gasteiger charge is 1.91. The Bertz CT molecular complexity index is 166. The molecule has 2 aliphatic heterocycles. The van der Waals surface area contributed by atoms with Crippen molar-refractivity contribution in [2.45, 2.75) is 0 Å². The molecular formula is C9H16N4. The molecule has 0 saturated carbocycles. The van der Waals surface area contributed by atoms with E-state index in [0.717, 1.165) is 26.2 Å². The van der Waals surface area contributed by atoms with Gasteiger partial charge in [-0.1, -0.05) is 6.08 Å². The lowest BCUT2D eigenvalue weighted by Crippen LogP contribution is -2.39. The Morgan fingerprint density at radius 3 is 2.15 bits per heavy atom. The van der Waals surface area contributed by atoms with E-state index in [2.05, 4.69) is 21.2 Å². The Morgan fingerprint density at radius 2 is 1.54 bits per heavy atom. The first-order chi connectivity index (χ1) is 6.50. The van der Waals surface area contributed by atoms with Crippen LogP contribution in [0.4, 0.5) is 0 Å². The quantitative estimate of drug-likeness (QED) is 0.485. The minimum atomic E-state index is 1.14. The van der Waals surface area contributed by atoms with Crippen LogP contribution in [0.25, 0.3) is 0 Å². The number of hydrogen-bond donors (Lipinski definition) is 3. The van der Waals surface area contributed by atoms with Crippen molar-refractivity contribution < 1.29 is 0 Å². The van der Waals surface area contributed by atoms with Gasteiger partial charge in [-0.2, -0.15) is 5.10 Å². The van der Waals surface area contributed by atoms with E-state index in [1.54, 1.807) is 12.4 Å². The summed E-state index contributed by atoms with van der Waals surface area (Å²) < 4.78 is 0. The van der Waals surface area contributed by atoms with E-state index in [-0.39, 0.29) is 0 Å². The molecule has 2 rings (SSSR count). The maximum Gasteiger partial charge on any atom is 0.0472 e. The van der Waals surface area contributed by atoms with Crippen LogP contribution in [-0.2, 0) is 0 Å². The highest BCUT2D eigenvalue weighted by atomic mass is 15.3. The average Bonchev–Trinajstić information content (AvgIpc) is 2.53. The third kappa shape index (κ3) is 6.07. The highest BCUT2D eigenvalue weighted by Crippen LogP contribution is 1.76. The van der Waals surface area contributed by atoms with Crippen LogP contribution in [0, 0.1) is 0 Å². The molecule has 4 heteroatoms. The largest absolute Gasteiger partial charge is 0.314 e.